The van der Waals surface area contributed by atoms with Crippen LogP contribution in [-0.2, 0) is 4.79 Å². The first-order valence-electron chi connectivity index (χ1n) is 4.83. The predicted molar refractivity (Wildman–Crippen MR) is 58.5 cm³/mol. The number of hydrogen-bond donors (Lipinski definition) is 2. The summed E-state index contributed by atoms with van der Waals surface area (Å²) in [5.74, 6) is -2.03. The molecule has 0 aliphatic rings. The molecule has 2 N–H and O–H groups in total. The van der Waals surface area contributed by atoms with E-state index in [1.165, 1.54) is 12.1 Å². The van der Waals surface area contributed by atoms with Gasteiger partial charge in [-0.2, -0.15) is 13.2 Å². The fourth-order valence-electron chi connectivity index (χ4n) is 1.34. The average Bonchev–Trinajstić information content (AvgIpc) is 2.68. The van der Waals surface area contributed by atoms with E-state index in [4.69, 9.17) is 9.52 Å². The zero-order valence-corrected chi connectivity index (χ0v) is 9.83. The second-order valence-electron chi connectivity index (χ2n) is 3.47. The van der Waals surface area contributed by atoms with E-state index in [0.29, 0.717) is 0 Å². The lowest BCUT2D eigenvalue weighted by Gasteiger charge is -2.04. The van der Waals surface area contributed by atoms with E-state index >= 15 is 0 Å². The third-order valence-corrected chi connectivity index (χ3v) is 2.80. The van der Waals surface area contributed by atoms with E-state index < -0.39 is 23.5 Å². The molecule has 19 heavy (non-hydrogen) atoms. The van der Waals surface area contributed by atoms with Crippen LogP contribution in [0.3, 0.4) is 0 Å². The number of benzene rings is 1. The van der Waals surface area contributed by atoms with Crippen molar-refractivity contribution >= 4 is 28.8 Å². The van der Waals surface area contributed by atoms with E-state index in [1.54, 1.807) is 0 Å². The van der Waals surface area contributed by atoms with Gasteiger partial charge in [-0.3, -0.25) is 0 Å². The molecule has 0 bridgehead atoms. The van der Waals surface area contributed by atoms with Crippen molar-refractivity contribution in [1.82, 2.24) is 4.98 Å². The van der Waals surface area contributed by atoms with Gasteiger partial charge in [-0.15, -0.1) is 0 Å². The molecule has 0 fully saturated rings. The molecule has 1 aromatic heterocycles. The molecule has 0 spiro atoms. The number of rotatable bonds is 3. The van der Waals surface area contributed by atoms with Crippen molar-refractivity contribution in [2.45, 2.75) is 16.5 Å². The summed E-state index contributed by atoms with van der Waals surface area (Å²) in [6.07, 6.45) is -1.95. The van der Waals surface area contributed by atoms with Gasteiger partial charge in [0, 0.05) is 4.90 Å². The molecule has 0 amide bonds. The average molecular weight is 293 g/mol. The third-order valence-electron chi connectivity index (χ3n) is 2.08. The highest BCUT2D eigenvalue weighted by Crippen LogP contribution is 2.38. The zero-order valence-electron chi connectivity index (χ0n) is 9.01. The lowest BCUT2D eigenvalue weighted by atomic mass is 10.3. The van der Waals surface area contributed by atoms with Gasteiger partial charge < -0.3 is 14.6 Å². The van der Waals surface area contributed by atoms with Crippen LogP contribution in [-0.4, -0.2) is 26.7 Å². The number of oxazole rings is 1. The van der Waals surface area contributed by atoms with E-state index in [0.717, 1.165) is 6.07 Å². The van der Waals surface area contributed by atoms with Gasteiger partial charge in [-0.05, 0) is 30.0 Å². The molecule has 5 nitrogen and oxygen atoms in total. The van der Waals surface area contributed by atoms with Gasteiger partial charge in [0.25, 0.3) is 0 Å². The van der Waals surface area contributed by atoms with Crippen molar-refractivity contribution < 1.29 is 32.6 Å². The number of aliphatic hydroxyl groups excluding tert-OH is 1. The lowest BCUT2D eigenvalue weighted by Crippen LogP contribution is -2.10. The summed E-state index contributed by atoms with van der Waals surface area (Å²) in [7, 11) is 0. The number of carboxylic acid groups (broad SMARTS) is 1. The van der Waals surface area contributed by atoms with Crippen molar-refractivity contribution in [3.8, 4) is 0 Å². The Labute approximate surface area is 108 Å². The summed E-state index contributed by atoms with van der Waals surface area (Å²) >= 11 is -0.321. The number of nitrogens with zero attached hydrogens (tertiary/aromatic N) is 1. The number of fused-ring (bicyclic) bond motifs is 1. The van der Waals surface area contributed by atoms with Crippen molar-refractivity contribution in [3.63, 3.8) is 0 Å². The first kappa shape index (κ1) is 13.7. The Morgan fingerprint density at radius 3 is 2.68 bits per heavy atom. The van der Waals surface area contributed by atoms with Crippen LogP contribution in [0, 0.1) is 0 Å². The number of aromatic nitrogens is 1. The normalized spacial score (nSPS) is 13.7. The van der Waals surface area contributed by atoms with Crippen LogP contribution < -0.4 is 0 Å². The molecule has 0 aliphatic heterocycles. The summed E-state index contributed by atoms with van der Waals surface area (Å²) in [6, 6.07) is 3.51. The van der Waals surface area contributed by atoms with Crippen molar-refractivity contribution in [2.75, 3.05) is 0 Å². The summed E-state index contributed by atoms with van der Waals surface area (Å²) in [5, 5.41) is 17.8. The zero-order chi connectivity index (χ0) is 14.2. The maximum Gasteiger partial charge on any atom is 0.446 e. The number of carboxylic acids is 1. The number of aliphatic carboxylic acids is 1. The largest absolute Gasteiger partial charge is 0.479 e. The van der Waals surface area contributed by atoms with Crippen LogP contribution in [0.25, 0.3) is 11.1 Å². The molecule has 0 aliphatic carbocycles. The molecule has 0 saturated heterocycles. The Hall–Kier alpha value is -1.74. The van der Waals surface area contributed by atoms with Gasteiger partial charge in [0.05, 0.1) is 0 Å². The molecule has 9 heteroatoms. The number of halogens is 3. The molecule has 1 heterocycles. The third kappa shape index (κ3) is 3.18. The van der Waals surface area contributed by atoms with E-state index in [1.807, 2.05) is 0 Å². The lowest BCUT2D eigenvalue weighted by molar-refractivity contribution is -0.148. The molecular weight excluding hydrogens is 287 g/mol. The molecule has 2 rings (SSSR count). The molecule has 1 atom stereocenters. The number of aliphatic hydroxyl groups is 1. The maximum absolute atomic E-state index is 12.2. The van der Waals surface area contributed by atoms with Crippen LogP contribution in [0.5, 0.6) is 0 Å². The smallest absolute Gasteiger partial charge is 0.446 e. The minimum Gasteiger partial charge on any atom is -0.479 e. The van der Waals surface area contributed by atoms with Gasteiger partial charge in [-0.25, -0.2) is 9.78 Å². The fraction of sp³-hybridized carbons (Fsp3) is 0.200. The predicted octanol–water partition coefficient (Wildman–Crippen LogP) is 2.56. The second-order valence-corrected chi connectivity index (χ2v) is 4.61. The van der Waals surface area contributed by atoms with Crippen molar-refractivity contribution in [3.05, 3.63) is 24.1 Å². The van der Waals surface area contributed by atoms with Gasteiger partial charge in [-0.1, -0.05) is 0 Å². The van der Waals surface area contributed by atoms with Crippen molar-refractivity contribution in [1.29, 1.82) is 0 Å². The Morgan fingerprint density at radius 1 is 1.42 bits per heavy atom. The quantitative estimate of drug-likeness (QED) is 0.846. The molecule has 1 unspecified atom stereocenters. The molecule has 102 valence electrons. The Bertz CT molecular complexity index is 625. The maximum atomic E-state index is 12.2. The van der Waals surface area contributed by atoms with Crippen molar-refractivity contribution in [2.24, 2.45) is 0 Å². The second kappa shape index (κ2) is 4.74. The summed E-state index contributed by atoms with van der Waals surface area (Å²) in [6.45, 7) is 0. The van der Waals surface area contributed by atoms with Gasteiger partial charge in [0.15, 0.2) is 5.58 Å². The minimum absolute atomic E-state index is 0.0459. The van der Waals surface area contributed by atoms with E-state index in [9.17, 15) is 23.1 Å². The van der Waals surface area contributed by atoms with Gasteiger partial charge >= 0.3 is 11.5 Å². The molecule has 2 aromatic rings. The topological polar surface area (TPSA) is 83.6 Å². The van der Waals surface area contributed by atoms with E-state index in [-0.39, 0.29) is 27.8 Å². The number of carbonyl (C=O) groups is 1. The number of thioether (sulfide) groups is 1. The Kier molecular flexibility index (Phi) is 3.42. The first-order chi connectivity index (χ1) is 8.76. The van der Waals surface area contributed by atoms with Crippen LogP contribution in [0.1, 0.15) is 12.0 Å². The van der Waals surface area contributed by atoms with Crippen LogP contribution in [0.2, 0.25) is 0 Å². The summed E-state index contributed by atoms with van der Waals surface area (Å²) < 4.78 is 41.5. The van der Waals surface area contributed by atoms with Gasteiger partial charge in [0.1, 0.15) is 5.52 Å². The highest BCUT2D eigenvalue weighted by Gasteiger charge is 2.29. The SMILES string of the molecule is O=C(O)C(O)c1nc2cc(SC(F)(F)F)ccc2o1. The Morgan fingerprint density at radius 2 is 2.11 bits per heavy atom. The van der Waals surface area contributed by atoms with E-state index in [2.05, 4.69) is 4.98 Å². The highest BCUT2D eigenvalue weighted by molar-refractivity contribution is 8.00. The number of hydrogen-bond acceptors (Lipinski definition) is 5. The minimum atomic E-state index is -4.43. The summed E-state index contributed by atoms with van der Waals surface area (Å²) in [4.78, 5) is 14.1. The molecule has 1 aromatic carbocycles. The molecule has 0 saturated carbocycles. The molecular formula is C10H6F3NO4S. The standard InChI is InChI=1S/C10H6F3NO4S/c11-10(12,13)19-4-1-2-6-5(3-4)14-8(18-6)7(15)9(16)17/h1-3,7,15H,(H,16,17). The van der Waals surface area contributed by atoms with Crippen LogP contribution in [0.4, 0.5) is 13.2 Å². The van der Waals surface area contributed by atoms with Gasteiger partial charge in [0.2, 0.25) is 12.0 Å². The number of alkyl halides is 3. The first-order valence-corrected chi connectivity index (χ1v) is 5.65. The fourth-order valence-corrected chi connectivity index (χ4v) is 1.92. The van der Waals surface area contributed by atoms with Crippen LogP contribution in [0.15, 0.2) is 27.5 Å². The summed E-state index contributed by atoms with van der Waals surface area (Å²) in [5.41, 5.74) is -4.28. The van der Waals surface area contributed by atoms with Crippen LogP contribution >= 0.6 is 11.8 Å². The molecule has 0 radical (unpaired) electrons. The Balaban J connectivity index is 2.36. The highest BCUT2D eigenvalue weighted by atomic mass is 32.2. The monoisotopic (exact) mass is 293 g/mol.